The van der Waals surface area contributed by atoms with Crippen LogP contribution in [0.15, 0.2) is 23.1 Å². The highest BCUT2D eigenvalue weighted by molar-refractivity contribution is 7.89. The second-order valence-electron chi connectivity index (χ2n) is 7.05. The zero-order chi connectivity index (χ0) is 20.1. The van der Waals surface area contributed by atoms with Gasteiger partial charge in [-0.2, -0.15) is 4.31 Å². The summed E-state index contributed by atoms with van der Waals surface area (Å²) in [5.41, 5.74) is 1.49. The molecule has 0 aliphatic carbocycles. The highest BCUT2D eigenvalue weighted by Crippen LogP contribution is 2.24. The maximum atomic E-state index is 12.9. The molecule has 0 radical (unpaired) electrons. The summed E-state index contributed by atoms with van der Waals surface area (Å²) in [6.45, 7) is 2.11. The molecule has 3 rings (SSSR count). The van der Waals surface area contributed by atoms with Crippen LogP contribution in [-0.4, -0.2) is 61.5 Å². The number of methoxy groups -OCH3 is 1. The Bertz CT molecular complexity index is 933. The van der Waals surface area contributed by atoms with E-state index in [2.05, 4.69) is 10.3 Å². The van der Waals surface area contributed by atoms with Gasteiger partial charge < -0.3 is 14.6 Å². The average molecular weight is 409 g/mol. The molecule has 1 N–H and O–H groups in total. The fraction of sp³-hybridized carbons (Fsp3) is 0.579. The molecule has 0 bridgehead atoms. The molecule has 1 amide bonds. The van der Waals surface area contributed by atoms with Crippen molar-refractivity contribution < 1.29 is 17.9 Å². The zero-order valence-electron chi connectivity index (χ0n) is 16.5. The lowest BCUT2D eigenvalue weighted by atomic mass is 10.2. The van der Waals surface area contributed by atoms with E-state index in [1.54, 1.807) is 29.6 Å². The quantitative estimate of drug-likeness (QED) is 0.667. The van der Waals surface area contributed by atoms with Gasteiger partial charge in [-0.15, -0.1) is 0 Å². The first-order chi connectivity index (χ1) is 13.4. The first-order valence-electron chi connectivity index (χ1n) is 9.64. The number of sulfonamides is 1. The lowest BCUT2D eigenvalue weighted by Gasteiger charge is -2.25. The standard InChI is InChI=1S/C19H28N4O4S/c1-22-17-7-6-15(28(25,26)23-11-4-3-5-12-23)14-16(17)21-18(22)8-9-19(24)20-10-13-27-2/h6-7,14H,3-5,8-13H2,1-2H3,(H,20,24). The van der Waals surface area contributed by atoms with E-state index in [0.717, 1.165) is 30.6 Å². The minimum absolute atomic E-state index is 0.0579. The van der Waals surface area contributed by atoms with Gasteiger partial charge in [0.15, 0.2) is 0 Å². The number of aryl methyl sites for hydroxylation is 2. The largest absolute Gasteiger partial charge is 0.383 e. The summed E-state index contributed by atoms with van der Waals surface area (Å²) in [5, 5.41) is 2.79. The molecule has 1 aliphatic rings. The van der Waals surface area contributed by atoms with Crippen LogP contribution in [0.1, 0.15) is 31.5 Å². The van der Waals surface area contributed by atoms with Gasteiger partial charge in [0, 0.05) is 46.6 Å². The summed E-state index contributed by atoms with van der Waals surface area (Å²) in [6.07, 6.45) is 3.69. The number of carbonyl (C=O) groups excluding carboxylic acids is 1. The van der Waals surface area contributed by atoms with E-state index < -0.39 is 10.0 Å². The maximum absolute atomic E-state index is 12.9. The number of piperidine rings is 1. The normalized spacial score (nSPS) is 15.8. The Labute approximate surface area is 165 Å². The molecule has 1 fully saturated rings. The summed E-state index contributed by atoms with van der Waals surface area (Å²) in [7, 11) is -0.0177. The van der Waals surface area contributed by atoms with Crippen LogP contribution in [0.3, 0.4) is 0 Å². The molecule has 28 heavy (non-hydrogen) atoms. The zero-order valence-corrected chi connectivity index (χ0v) is 17.3. The van der Waals surface area contributed by atoms with Crippen molar-refractivity contribution >= 4 is 27.0 Å². The molecule has 0 spiro atoms. The molecule has 9 heteroatoms. The van der Waals surface area contributed by atoms with Crippen LogP contribution in [0.25, 0.3) is 11.0 Å². The van der Waals surface area contributed by atoms with Gasteiger partial charge in [0.25, 0.3) is 0 Å². The first kappa shape index (κ1) is 20.8. The molecule has 1 aliphatic heterocycles. The predicted molar refractivity (Wildman–Crippen MR) is 107 cm³/mol. The van der Waals surface area contributed by atoms with Crippen LogP contribution in [-0.2, 0) is 33.0 Å². The number of hydrogen-bond acceptors (Lipinski definition) is 5. The van der Waals surface area contributed by atoms with E-state index >= 15 is 0 Å². The van der Waals surface area contributed by atoms with Gasteiger partial charge in [0.2, 0.25) is 15.9 Å². The Balaban J connectivity index is 1.75. The third kappa shape index (κ3) is 4.53. The van der Waals surface area contributed by atoms with Crippen molar-refractivity contribution in [3.05, 3.63) is 24.0 Å². The lowest BCUT2D eigenvalue weighted by Crippen LogP contribution is -2.35. The fourth-order valence-electron chi connectivity index (χ4n) is 3.47. The van der Waals surface area contributed by atoms with Gasteiger partial charge >= 0.3 is 0 Å². The van der Waals surface area contributed by atoms with E-state index in [9.17, 15) is 13.2 Å². The third-order valence-electron chi connectivity index (χ3n) is 5.10. The molecule has 8 nitrogen and oxygen atoms in total. The molecule has 1 aromatic heterocycles. The minimum atomic E-state index is -3.49. The summed E-state index contributed by atoms with van der Waals surface area (Å²) < 4.78 is 34.2. The van der Waals surface area contributed by atoms with Gasteiger partial charge in [-0.3, -0.25) is 4.79 Å². The molecule has 0 saturated carbocycles. The number of benzene rings is 1. The number of fused-ring (bicyclic) bond motifs is 1. The number of carbonyl (C=O) groups is 1. The van der Waals surface area contributed by atoms with Crippen LogP contribution < -0.4 is 5.32 Å². The average Bonchev–Trinajstić information content (AvgIpc) is 3.02. The molecule has 154 valence electrons. The fourth-order valence-corrected chi connectivity index (χ4v) is 5.01. The van der Waals surface area contributed by atoms with Gasteiger partial charge in [-0.25, -0.2) is 13.4 Å². The Morgan fingerprint density at radius 3 is 2.71 bits per heavy atom. The van der Waals surface area contributed by atoms with Crippen LogP contribution in [0.5, 0.6) is 0 Å². The molecule has 1 aromatic carbocycles. The van der Waals surface area contributed by atoms with Gasteiger partial charge in [0.1, 0.15) is 5.82 Å². The third-order valence-corrected chi connectivity index (χ3v) is 7.00. The van der Waals surface area contributed by atoms with Crippen molar-refractivity contribution in [1.82, 2.24) is 19.2 Å². The monoisotopic (exact) mass is 408 g/mol. The number of aromatic nitrogens is 2. The van der Waals surface area contributed by atoms with E-state index in [0.29, 0.717) is 44.6 Å². The molecule has 2 heterocycles. The Morgan fingerprint density at radius 2 is 2.00 bits per heavy atom. The highest BCUT2D eigenvalue weighted by atomic mass is 32.2. The smallest absolute Gasteiger partial charge is 0.243 e. The highest BCUT2D eigenvalue weighted by Gasteiger charge is 2.26. The molecule has 2 aromatic rings. The topological polar surface area (TPSA) is 93.5 Å². The number of rotatable bonds is 8. The van der Waals surface area contributed by atoms with Crippen LogP contribution in [0.2, 0.25) is 0 Å². The van der Waals surface area contributed by atoms with Gasteiger partial charge in [-0.1, -0.05) is 6.42 Å². The number of amides is 1. The van der Waals surface area contributed by atoms with Crippen molar-refractivity contribution in [3.63, 3.8) is 0 Å². The van der Waals surface area contributed by atoms with E-state index in [1.807, 2.05) is 11.6 Å². The van der Waals surface area contributed by atoms with Crippen molar-refractivity contribution in [1.29, 1.82) is 0 Å². The van der Waals surface area contributed by atoms with E-state index in [1.165, 1.54) is 0 Å². The van der Waals surface area contributed by atoms with Crippen LogP contribution in [0, 0.1) is 0 Å². The first-order valence-corrected chi connectivity index (χ1v) is 11.1. The Kier molecular flexibility index (Phi) is 6.69. The van der Waals surface area contributed by atoms with Crippen molar-refractivity contribution in [2.24, 2.45) is 7.05 Å². The number of hydrogen-bond donors (Lipinski definition) is 1. The second kappa shape index (κ2) is 9.02. The maximum Gasteiger partial charge on any atom is 0.243 e. The predicted octanol–water partition coefficient (Wildman–Crippen LogP) is 1.44. The van der Waals surface area contributed by atoms with Gasteiger partial charge in [-0.05, 0) is 31.0 Å². The number of nitrogens with zero attached hydrogens (tertiary/aromatic N) is 3. The Hall–Kier alpha value is -1.97. The van der Waals surface area contributed by atoms with Crippen LogP contribution >= 0.6 is 0 Å². The SMILES string of the molecule is COCCNC(=O)CCc1nc2cc(S(=O)(=O)N3CCCCC3)ccc2n1C. The molecule has 1 saturated heterocycles. The number of nitrogens with one attached hydrogen (secondary N) is 1. The summed E-state index contributed by atoms with van der Waals surface area (Å²) in [4.78, 5) is 16.7. The van der Waals surface area contributed by atoms with Crippen molar-refractivity contribution in [2.75, 3.05) is 33.4 Å². The van der Waals surface area contributed by atoms with Crippen molar-refractivity contribution in [2.45, 2.75) is 37.0 Å². The van der Waals surface area contributed by atoms with E-state index in [4.69, 9.17) is 4.74 Å². The molecular weight excluding hydrogens is 380 g/mol. The lowest BCUT2D eigenvalue weighted by molar-refractivity contribution is -0.121. The van der Waals surface area contributed by atoms with E-state index in [-0.39, 0.29) is 10.8 Å². The summed E-state index contributed by atoms with van der Waals surface area (Å²) in [6, 6.07) is 5.08. The van der Waals surface area contributed by atoms with Crippen molar-refractivity contribution in [3.8, 4) is 0 Å². The molecular formula is C19H28N4O4S. The minimum Gasteiger partial charge on any atom is -0.383 e. The number of imidazole rings is 1. The van der Waals surface area contributed by atoms with Crippen LogP contribution in [0.4, 0.5) is 0 Å². The molecule has 0 unspecified atom stereocenters. The summed E-state index contributed by atoms with van der Waals surface area (Å²) >= 11 is 0. The Morgan fingerprint density at radius 1 is 1.25 bits per heavy atom. The molecule has 0 atom stereocenters. The summed E-state index contributed by atoms with van der Waals surface area (Å²) in [5.74, 6) is 0.696. The number of ether oxygens (including phenoxy) is 1. The second-order valence-corrected chi connectivity index (χ2v) is 8.98. The van der Waals surface area contributed by atoms with Gasteiger partial charge in [0.05, 0.1) is 22.5 Å².